The summed E-state index contributed by atoms with van der Waals surface area (Å²) in [6, 6.07) is 1.53. The largest absolute Gasteiger partial charge is 0.313 e. The molecule has 1 saturated heterocycles. The molecule has 2 aliphatic rings. The Bertz CT molecular complexity index is 228. The van der Waals surface area contributed by atoms with Crippen LogP contribution in [0.2, 0.25) is 0 Å². The first-order valence-electron chi connectivity index (χ1n) is 7.33. The Morgan fingerprint density at radius 3 is 2.65 bits per heavy atom. The standard InChI is InChI=1S/C14H29N3/c1-4-15-14(12-7-8-12)11-16(2)10-13-6-5-9-17(13)3/h12-15H,4-11H2,1-3H3. The Kier molecular flexibility index (Phi) is 4.83. The molecule has 0 radical (unpaired) electrons. The second-order valence-corrected chi connectivity index (χ2v) is 6.00. The molecule has 100 valence electrons. The number of likely N-dealkylation sites (tertiary alicyclic amines) is 1. The molecule has 0 aromatic rings. The van der Waals surface area contributed by atoms with Gasteiger partial charge in [0.1, 0.15) is 0 Å². The maximum absolute atomic E-state index is 3.66. The minimum atomic E-state index is 0.733. The zero-order chi connectivity index (χ0) is 12.3. The summed E-state index contributed by atoms with van der Waals surface area (Å²) in [5.41, 5.74) is 0. The number of nitrogens with one attached hydrogen (secondary N) is 1. The highest BCUT2D eigenvalue weighted by molar-refractivity contribution is 4.89. The average Bonchev–Trinajstić information content (AvgIpc) is 3.05. The molecule has 2 unspecified atom stereocenters. The third-order valence-electron chi connectivity index (χ3n) is 4.36. The summed E-state index contributed by atoms with van der Waals surface area (Å²) in [5, 5.41) is 3.66. The molecule has 1 aliphatic carbocycles. The van der Waals surface area contributed by atoms with Crippen LogP contribution < -0.4 is 5.32 Å². The molecule has 0 aromatic carbocycles. The van der Waals surface area contributed by atoms with Gasteiger partial charge in [-0.25, -0.2) is 0 Å². The van der Waals surface area contributed by atoms with Gasteiger partial charge < -0.3 is 15.1 Å². The number of rotatable bonds is 7. The van der Waals surface area contributed by atoms with Gasteiger partial charge >= 0.3 is 0 Å². The van der Waals surface area contributed by atoms with Crippen molar-refractivity contribution in [1.82, 2.24) is 15.1 Å². The molecule has 1 N–H and O–H groups in total. The van der Waals surface area contributed by atoms with Gasteiger partial charge in [0.15, 0.2) is 0 Å². The van der Waals surface area contributed by atoms with Crippen LogP contribution in [0.1, 0.15) is 32.6 Å². The summed E-state index contributed by atoms with van der Waals surface area (Å²) in [6.45, 7) is 7.09. The number of hydrogen-bond acceptors (Lipinski definition) is 3. The lowest BCUT2D eigenvalue weighted by atomic mass is 10.1. The summed E-state index contributed by atoms with van der Waals surface area (Å²) in [6.07, 6.45) is 5.65. The van der Waals surface area contributed by atoms with Crippen molar-refractivity contribution in [2.45, 2.75) is 44.7 Å². The van der Waals surface area contributed by atoms with Crippen LogP contribution in [-0.2, 0) is 0 Å². The van der Waals surface area contributed by atoms with Crippen LogP contribution >= 0.6 is 0 Å². The zero-order valence-corrected chi connectivity index (χ0v) is 11.8. The third-order valence-corrected chi connectivity index (χ3v) is 4.36. The number of nitrogens with zero attached hydrogens (tertiary/aromatic N) is 2. The van der Waals surface area contributed by atoms with Crippen molar-refractivity contribution in [3.63, 3.8) is 0 Å². The summed E-state index contributed by atoms with van der Waals surface area (Å²) < 4.78 is 0. The van der Waals surface area contributed by atoms with Gasteiger partial charge in [0.25, 0.3) is 0 Å². The van der Waals surface area contributed by atoms with Crippen LogP contribution in [0.25, 0.3) is 0 Å². The summed E-state index contributed by atoms with van der Waals surface area (Å²) in [5.74, 6) is 0.957. The molecule has 17 heavy (non-hydrogen) atoms. The van der Waals surface area contributed by atoms with Crippen LogP contribution in [0.5, 0.6) is 0 Å². The molecular formula is C14H29N3. The van der Waals surface area contributed by atoms with E-state index in [1.807, 2.05) is 0 Å². The van der Waals surface area contributed by atoms with Gasteiger partial charge in [0.2, 0.25) is 0 Å². The summed E-state index contributed by atoms with van der Waals surface area (Å²) in [7, 11) is 4.56. The summed E-state index contributed by atoms with van der Waals surface area (Å²) in [4.78, 5) is 5.06. The average molecular weight is 239 g/mol. The highest BCUT2D eigenvalue weighted by Gasteiger charge is 2.32. The van der Waals surface area contributed by atoms with Crippen molar-refractivity contribution in [2.75, 3.05) is 40.3 Å². The second kappa shape index (κ2) is 6.17. The van der Waals surface area contributed by atoms with E-state index in [1.54, 1.807) is 0 Å². The molecular weight excluding hydrogens is 210 g/mol. The number of hydrogen-bond donors (Lipinski definition) is 1. The van der Waals surface area contributed by atoms with Gasteiger partial charge in [0, 0.05) is 25.2 Å². The van der Waals surface area contributed by atoms with Crippen molar-refractivity contribution in [1.29, 1.82) is 0 Å². The minimum Gasteiger partial charge on any atom is -0.313 e. The molecule has 3 heteroatoms. The molecule has 1 heterocycles. The van der Waals surface area contributed by atoms with Crippen LogP contribution in [0, 0.1) is 5.92 Å². The van der Waals surface area contributed by atoms with Crippen molar-refractivity contribution in [2.24, 2.45) is 5.92 Å². The van der Waals surface area contributed by atoms with Gasteiger partial charge in [0.05, 0.1) is 0 Å². The maximum atomic E-state index is 3.66. The SMILES string of the molecule is CCNC(CN(C)CC1CCCN1C)C1CC1. The lowest BCUT2D eigenvalue weighted by Gasteiger charge is -2.29. The molecule has 0 amide bonds. The topological polar surface area (TPSA) is 18.5 Å². The Morgan fingerprint density at radius 1 is 1.35 bits per heavy atom. The number of likely N-dealkylation sites (N-methyl/N-ethyl adjacent to an activating group) is 3. The predicted molar refractivity (Wildman–Crippen MR) is 73.3 cm³/mol. The lowest BCUT2D eigenvalue weighted by molar-refractivity contribution is 0.201. The monoisotopic (exact) mass is 239 g/mol. The van der Waals surface area contributed by atoms with E-state index < -0.39 is 0 Å². The van der Waals surface area contributed by atoms with Crippen molar-refractivity contribution in [3.8, 4) is 0 Å². The van der Waals surface area contributed by atoms with Crippen LogP contribution in [-0.4, -0.2) is 62.2 Å². The van der Waals surface area contributed by atoms with Crippen molar-refractivity contribution in [3.05, 3.63) is 0 Å². The first kappa shape index (κ1) is 13.3. The molecule has 2 rings (SSSR count). The molecule has 2 fully saturated rings. The van der Waals surface area contributed by atoms with Gasteiger partial charge in [-0.3, -0.25) is 0 Å². The highest BCUT2D eigenvalue weighted by Crippen LogP contribution is 2.33. The minimum absolute atomic E-state index is 0.733. The van der Waals surface area contributed by atoms with E-state index in [2.05, 4.69) is 36.1 Å². The van der Waals surface area contributed by atoms with E-state index in [1.165, 1.54) is 45.3 Å². The Hall–Kier alpha value is -0.120. The fourth-order valence-electron chi connectivity index (χ4n) is 3.12. The molecule has 0 spiro atoms. The lowest BCUT2D eigenvalue weighted by Crippen LogP contribution is -2.45. The Labute approximate surface area is 107 Å². The van der Waals surface area contributed by atoms with E-state index in [9.17, 15) is 0 Å². The van der Waals surface area contributed by atoms with Gasteiger partial charge in [-0.05, 0) is 58.8 Å². The van der Waals surface area contributed by atoms with Crippen LogP contribution in [0.4, 0.5) is 0 Å². The van der Waals surface area contributed by atoms with E-state index in [-0.39, 0.29) is 0 Å². The first-order valence-corrected chi connectivity index (χ1v) is 7.33. The third kappa shape index (κ3) is 3.94. The predicted octanol–water partition coefficient (Wildman–Crippen LogP) is 1.40. The Balaban J connectivity index is 1.72. The molecule has 0 aromatic heterocycles. The van der Waals surface area contributed by atoms with E-state index in [4.69, 9.17) is 0 Å². The van der Waals surface area contributed by atoms with Gasteiger partial charge in [-0.2, -0.15) is 0 Å². The van der Waals surface area contributed by atoms with Crippen molar-refractivity contribution >= 4 is 0 Å². The van der Waals surface area contributed by atoms with Crippen LogP contribution in [0.3, 0.4) is 0 Å². The summed E-state index contributed by atoms with van der Waals surface area (Å²) >= 11 is 0. The van der Waals surface area contributed by atoms with Crippen molar-refractivity contribution < 1.29 is 0 Å². The van der Waals surface area contributed by atoms with Gasteiger partial charge in [-0.15, -0.1) is 0 Å². The zero-order valence-electron chi connectivity index (χ0n) is 11.8. The van der Waals surface area contributed by atoms with E-state index in [0.717, 1.165) is 24.5 Å². The van der Waals surface area contributed by atoms with Crippen LogP contribution in [0.15, 0.2) is 0 Å². The second-order valence-electron chi connectivity index (χ2n) is 6.00. The molecule has 1 saturated carbocycles. The van der Waals surface area contributed by atoms with E-state index >= 15 is 0 Å². The first-order chi connectivity index (χ1) is 8.20. The molecule has 1 aliphatic heterocycles. The highest BCUT2D eigenvalue weighted by atomic mass is 15.2. The smallest absolute Gasteiger partial charge is 0.0223 e. The Morgan fingerprint density at radius 2 is 2.12 bits per heavy atom. The molecule has 2 atom stereocenters. The fourth-order valence-corrected chi connectivity index (χ4v) is 3.12. The fraction of sp³-hybridized carbons (Fsp3) is 1.00. The van der Waals surface area contributed by atoms with E-state index in [0.29, 0.717) is 0 Å². The maximum Gasteiger partial charge on any atom is 0.0223 e. The molecule has 0 bridgehead atoms. The van der Waals surface area contributed by atoms with Gasteiger partial charge in [-0.1, -0.05) is 6.92 Å². The molecule has 3 nitrogen and oxygen atoms in total. The normalized spacial score (nSPS) is 27.9. The quantitative estimate of drug-likeness (QED) is 0.724.